The summed E-state index contributed by atoms with van der Waals surface area (Å²) in [5.74, 6) is 0.727. The van der Waals surface area contributed by atoms with E-state index in [1.54, 1.807) is 31.2 Å². The molecule has 1 aromatic heterocycles. The number of anilines is 2. The SMILES string of the molecule is CCNc1ccc(Cl)cc1C(=O)Nc1cc(C)on1. The molecule has 100 valence electrons. The van der Waals surface area contributed by atoms with Gasteiger partial charge < -0.3 is 15.2 Å². The Kier molecular flexibility index (Phi) is 4.06. The van der Waals surface area contributed by atoms with E-state index in [9.17, 15) is 4.79 Å². The maximum absolute atomic E-state index is 12.2. The van der Waals surface area contributed by atoms with Crippen LogP contribution < -0.4 is 10.6 Å². The van der Waals surface area contributed by atoms with Crippen LogP contribution in [0.25, 0.3) is 0 Å². The molecule has 0 aliphatic heterocycles. The number of amides is 1. The van der Waals surface area contributed by atoms with Crippen LogP contribution in [0, 0.1) is 6.92 Å². The van der Waals surface area contributed by atoms with E-state index in [2.05, 4.69) is 15.8 Å². The highest BCUT2D eigenvalue weighted by atomic mass is 35.5. The van der Waals surface area contributed by atoms with Gasteiger partial charge in [0.25, 0.3) is 5.91 Å². The van der Waals surface area contributed by atoms with E-state index in [0.717, 1.165) is 5.69 Å². The number of hydrogen-bond donors (Lipinski definition) is 2. The summed E-state index contributed by atoms with van der Waals surface area (Å²) in [4.78, 5) is 12.2. The minimum absolute atomic E-state index is 0.285. The number of rotatable bonds is 4. The molecule has 0 fully saturated rings. The van der Waals surface area contributed by atoms with Crippen LogP contribution in [0.5, 0.6) is 0 Å². The second-order valence-corrected chi connectivity index (χ2v) is 4.43. The van der Waals surface area contributed by atoms with E-state index in [-0.39, 0.29) is 5.91 Å². The molecular formula is C13H14ClN3O2. The fourth-order valence-corrected chi connectivity index (χ4v) is 1.83. The molecule has 0 aliphatic rings. The summed E-state index contributed by atoms with van der Waals surface area (Å²) < 4.78 is 4.90. The summed E-state index contributed by atoms with van der Waals surface area (Å²) in [7, 11) is 0. The molecule has 2 rings (SSSR count). The number of carbonyl (C=O) groups excluding carboxylic acids is 1. The normalized spacial score (nSPS) is 10.3. The molecule has 0 aliphatic carbocycles. The molecule has 6 heteroatoms. The van der Waals surface area contributed by atoms with Gasteiger partial charge in [-0.15, -0.1) is 0 Å². The van der Waals surface area contributed by atoms with E-state index in [1.165, 1.54) is 0 Å². The highest BCUT2D eigenvalue weighted by Gasteiger charge is 2.13. The van der Waals surface area contributed by atoms with Gasteiger partial charge in [-0.05, 0) is 32.0 Å². The van der Waals surface area contributed by atoms with Crippen LogP contribution in [-0.4, -0.2) is 17.6 Å². The topological polar surface area (TPSA) is 67.2 Å². The molecule has 19 heavy (non-hydrogen) atoms. The van der Waals surface area contributed by atoms with Crippen molar-refractivity contribution in [2.75, 3.05) is 17.2 Å². The Bertz CT molecular complexity index is 595. The second kappa shape index (κ2) is 5.75. The van der Waals surface area contributed by atoms with Crippen molar-refractivity contribution >= 4 is 29.0 Å². The molecule has 0 bridgehead atoms. The minimum atomic E-state index is -0.285. The van der Waals surface area contributed by atoms with Crippen molar-refractivity contribution in [3.05, 3.63) is 40.6 Å². The number of nitrogens with one attached hydrogen (secondary N) is 2. The highest BCUT2D eigenvalue weighted by molar-refractivity contribution is 6.31. The van der Waals surface area contributed by atoms with E-state index in [0.29, 0.717) is 28.7 Å². The van der Waals surface area contributed by atoms with Crippen molar-refractivity contribution in [2.24, 2.45) is 0 Å². The first kappa shape index (κ1) is 13.4. The fourth-order valence-electron chi connectivity index (χ4n) is 1.66. The summed E-state index contributed by atoms with van der Waals surface area (Å²) in [5, 5.41) is 10.00. The van der Waals surface area contributed by atoms with Crippen LogP contribution in [0.2, 0.25) is 5.02 Å². The molecule has 0 saturated heterocycles. The Morgan fingerprint density at radius 2 is 2.21 bits per heavy atom. The van der Waals surface area contributed by atoms with Gasteiger partial charge in [0.15, 0.2) is 5.82 Å². The second-order valence-electron chi connectivity index (χ2n) is 4.00. The average Bonchev–Trinajstić information content (AvgIpc) is 2.77. The number of benzene rings is 1. The molecule has 5 nitrogen and oxygen atoms in total. The van der Waals surface area contributed by atoms with E-state index in [1.807, 2.05) is 6.92 Å². The van der Waals surface area contributed by atoms with Gasteiger partial charge in [-0.3, -0.25) is 4.79 Å². The number of hydrogen-bond acceptors (Lipinski definition) is 4. The lowest BCUT2D eigenvalue weighted by Crippen LogP contribution is -2.15. The van der Waals surface area contributed by atoms with Gasteiger partial charge in [0.1, 0.15) is 5.76 Å². The van der Waals surface area contributed by atoms with Crippen LogP contribution in [0.15, 0.2) is 28.8 Å². The zero-order chi connectivity index (χ0) is 13.8. The maximum Gasteiger partial charge on any atom is 0.259 e. The fraction of sp³-hybridized carbons (Fsp3) is 0.231. The Labute approximate surface area is 115 Å². The third-order valence-electron chi connectivity index (χ3n) is 2.46. The van der Waals surface area contributed by atoms with Gasteiger partial charge in [0, 0.05) is 23.3 Å². The van der Waals surface area contributed by atoms with Crippen LogP contribution >= 0.6 is 11.6 Å². The van der Waals surface area contributed by atoms with Gasteiger partial charge in [-0.1, -0.05) is 16.8 Å². The highest BCUT2D eigenvalue weighted by Crippen LogP contribution is 2.22. The van der Waals surface area contributed by atoms with Gasteiger partial charge in [0.2, 0.25) is 0 Å². The zero-order valence-electron chi connectivity index (χ0n) is 10.7. The Morgan fingerprint density at radius 1 is 1.42 bits per heavy atom. The number of aromatic nitrogens is 1. The Morgan fingerprint density at radius 3 is 2.84 bits per heavy atom. The lowest BCUT2D eigenvalue weighted by Gasteiger charge is -2.10. The van der Waals surface area contributed by atoms with Crippen molar-refractivity contribution in [3.63, 3.8) is 0 Å². The van der Waals surface area contributed by atoms with Crippen LogP contribution in [0.3, 0.4) is 0 Å². The maximum atomic E-state index is 12.2. The standard InChI is InChI=1S/C13H14ClN3O2/c1-3-15-11-5-4-9(14)7-10(11)13(18)16-12-6-8(2)19-17-12/h4-7,15H,3H2,1-2H3,(H,16,17,18). The summed E-state index contributed by atoms with van der Waals surface area (Å²) in [6.07, 6.45) is 0. The number of carbonyl (C=O) groups is 1. The molecule has 1 aromatic carbocycles. The van der Waals surface area contributed by atoms with Gasteiger partial charge in [0.05, 0.1) is 5.56 Å². The third kappa shape index (κ3) is 3.26. The third-order valence-corrected chi connectivity index (χ3v) is 2.70. The van der Waals surface area contributed by atoms with Crippen molar-refractivity contribution < 1.29 is 9.32 Å². The predicted octanol–water partition coefficient (Wildman–Crippen LogP) is 3.32. The minimum Gasteiger partial charge on any atom is -0.385 e. The van der Waals surface area contributed by atoms with Crippen molar-refractivity contribution in [1.29, 1.82) is 0 Å². The quantitative estimate of drug-likeness (QED) is 0.901. The van der Waals surface area contributed by atoms with Crippen LogP contribution in [-0.2, 0) is 0 Å². The van der Waals surface area contributed by atoms with E-state index < -0.39 is 0 Å². The van der Waals surface area contributed by atoms with Crippen molar-refractivity contribution in [3.8, 4) is 0 Å². The number of nitrogens with zero attached hydrogens (tertiary/aromatic N) is 1. The molecule has 1 heterocycles. The van der Waals surface area contributed by atoms with Gasteiger partial charge >= 0.3 is 0 Å². The van der Waals surface area contributed by atoms with Crippen LogP contribution in [0.4, 0.5) is 11.5 Å². The molecule has 2 N–H and O–H groups in total. The monoisotopic (exact) mass is 279 g/mol. The first-order chi connectivity index (χ1) is 9.10. The number of aryl methyl sites for hydroxylation is 1. The van der Waals surface area contributed by atoms with E-state index in [4.69, 9.17) is 16.1 Å². The Balaban J connectivity index is 2.24. The summed E-state index contributed by atoms with van der Waals surface area (Å²) in [5.41, 5.74) is 1.19. The predicted molar refractivity (Wildman–Crippen MR) is 74.8 cm³/mol. The molecular weight excluding hydrogens is 266 g/mol. The van der Waals surface area contributed by atoms with E-state index >= 15 is 0 Å². The summed E-state index contributed by atoms with van der Waals surface area (Å²) in [6.45, 7) is 4.42. The lowest BCUT2D eigenvalue weighted by atomic mass is 10.1. The molecule has 0 spiro atoms. The molecule has 0 radical (unpaired) electrons. The largest absolute Gasteiger partial charge is 0.385 e. The first-order valence-corrected chi connectivity index (χ1v) is 6.26. The average molecular weight is 280 g/mol. The molecule has 2 aromatic rings. The Hall–Kier alpha value is -2.01. The van der Waals surface area contributed by atoms with Crippen molar-refractivity contribution in [1.82, 2.24) is 5.16 Å². The van der Waals surface area contributed by atoms with Crippen LogP contribution in [0.1, 0.15) is 23.0 Å². The molecule has 0 unspecified atom stereocenters. The number of halogens is 1. The lowest BCUT2D eigenvalue weighted by molar-refractivity contribution is 0.102. The first-order valence-electron chi connectivity index (χ1n) is 5.88. The zero-order valence-corrected chi connectivity index (χ0v) is 11.4. The van der Waals surface area contributed by atoms with Gasteiger partial charge in [-0.25, -0.2) is 0 Å². The van der Waals surface area contributed by atoms with Crippen molar-refractivity contribution in [2.45, 2.75) is 13.8 Å². The summed E-state index contributed by atoms with van der Waals surface area (Å²) >= 11 is 5.93. The summed E-state index contributed by atoms with van der Waals surface area (Å²) in [6, 6.07) is 6.77. The molecule has 0 saturated carbocycles. The van der Waals surface area contributed by atoms with Gasteiger partial charge in [-0.2, -0.15) is 0 Å². The molecule has 1 amide bonds. The smallest absolute Gasteiger partial charge is 0.259 e. The molecule has 0 atom stereocenters.